The first-order valence-electron chi connectivity index (χ1n) is 8.61. The third-order valence-electron chi connectivity index (χ3n) is 4.58. The molecule has 0 radical (unpaired) electrons. The molecule has 1 fully saturated rings. The first-order valence-corrected chi connectivity index (χ1v) is 8.98. The standard InChI is InChI=1S/C20H24ClNO3/c1-24-17-10-8-15(9-11-17)19-6-4-12-22(19)13-16(23)14-25-20-7-3-2-5-18(20)21/h2-3,5,7-11,16,19,23H,4,6,12-14H2,1H3. The van der Waals surface area contributed by atoms with Crippen molar-refractivity contribution in [1.82, 2.24) is 4.90 Å². The van der Waals surface area contributed by atoms with Crippen LogP contribution < -0.4 is 9.47 Å². The van der Waals surface area contributed by atoms with Gasteiger partial charge in [-0.1, -0.05) is 35.9 Å². The smallest absolute Gasteiger partial charge is 0.138 e. The quantitative estimate of drug-likeness (QED) is 0.811. The predicted molar refractivity (Wildman–Crippen MR) is 99.5 cm³/mol. The molecular formula is C20H24ClNO3. The van der Waals surface area contributed by atoms with Crippen LogP contribution in [0.25, 0.3) is 0 Å². The van der Waals surface area contributed by atoms with E-state index in [1.165, 1.54) is 5.56 Å². The van der Waals surface area contributed by atoms with Crippen molar-refractivity contribution >= 4 is 11.6 Å². The third-order valence-corrected chi connectivity index (χ3v) is 4.89. The van der Waals surface area contributed by atoms with Gasteiger partial charge in [0.2, 0.25) is 0 Å². The van der Waals surface area contributed by atoms with E-state index in [1.807, 2.05) is 30.3 Å². The molecule has 3 rings (SSSR count). The first-order chi connectivity index (χ1) is 12.2. The van der Waals surface area contributed by atoms with E-state index < -0.39 is 6.10 Å². The summed E-state index contributed by atoms with van der Waals surface area (Å²) >= 11 is 6.08. The summed E-state index contributed by atoms with van der Waals surface area (Å²) in [4.78, 5) is 2.32. The van der Waals surface area contributed by atoms with Crippen molar-refractivity contribution < 1.29 is 14.6 Å². The Morgan fingerprint density at radius 1 is 1.20 bits per heavy atom. The summed E-state index contributed by atoms with van der Waals surface area (Å²) in [5.41, 5.74) is 1.26. The first kappa shape index (κ1) is 18.1. The average Bonchev–Trinajstić information content (AvgIpc) is 3.09. The zero-order valence-electron chi connectivity index (χ0n) is 14.4. The second-order valence-electron chi connectivity index (χ2n) is 6.32. The molecule has 2 atom stereocenters. The number of likely N-dealkylation sites (tertiary alicyclic amines) is 1. The molecule has 1 N–H and O–H groups in total. The molecule has 1 aliphatic heterocycles. The molecule has 4 nitrogen and oxygen atoms in total. The zero-order valence-corrected chi connectivity index (χ0v) is 15.2. The second kappa shape index (κ2) is 8.56. The molecule has 1 heterocycles. The molecule has 1 aliphatic rings. The highest BCUT2D eigenvalue weighted by Gasteiger charge is 2.27. The summed E-state index contributed by atoms with van der Waals surface area (Å²) in [5, 5.41) is 10.9. The van der Waals surface area contributed by atoms with E-state index in [0.717, 1.165) is 25.1 Å². The van der Waals surface area contributed by atoms with Gasteiger partial charge in [-0.25, -0.2) is 0 Å². The van der Waals surface area contributed by atoms with Crippen LogP contribution >= 0.6 is 11.6 Å². The second-order valence-corrected chi connectivity index (χ2v) is 6.73. The monoisotopic (exact) mass is 361 g/mol. The van der Waals surface area contributed by atoms with Crippen molar-refractivity contribution in [2.24, 2.45) is 0 Å². The van der Waals surface area contributed by atoms with Gasteiger partial charge in [0.1, 0.15) is 24.2 Å². The molecule has 1 saturated heterocycles. The SMILES string of the molecule is COc1ccc(C2CCCN2CC(O)COc2ccccc2Cl)cc1. The highest BCUT2D eigenvalue weighted by atomic mass is 35.5. The van der Waals surface area contributed by atoms with Gasteiger partial charge in [-0.2, -0.15) is 0 Å². The molecule has 2 unspecified atom stereocenters. The highest BCUT2D eigenvalue weighted by Crippen LogP contribution is 2.32. The molecule has 0 aliphatic carbocycles. The van der Waals surface area contributed by atoms with Gasteiger partial charge in [0, 0.05) is 12.6 Å². The minimum atomic E-state index is -0.560. The summed E-state index contributed by atoms with van der Waals surface area (Å²) in [6.07, 6.45) is 1.68. The van der Waals surface area contributed by atoms with E-state index >= 15 is 0 Å². The number of aliphatic hydroxyl groups excluding tert-OH is 1. The molecule has 134 valence electrons. The van der Waals surface area contributed by atoms with E-state index in [9.17, 15) is 5.11 Å². The van der Waals surface area contributed by atoms with Crippen LogP contribution in [0.1, 0.15) is 24.4 Å². The number of aliphatic hydroxyl groups is 1. The molecule has 2 aromatic carbocycles. The average molecular weight is 362 g/mol. The number of ether oxygens (including phenoxy) is 2. The van der Waals surface area contributed by atoms with Gasteiger partial charge in [-0.3, -0.25) is 4.90 Å². The van der Waals surface area contributed by atoms with Gasteiger partial charge in [0.25, 0.3) is 0 Å². The third kappa shape index (κ3) is 4.66. The summed E-state index contributed by atoms with van der Waals surface area (Å²) < 4.78 is 10.9. The Hall–Kier alpha value is -1.75. The molecular weight excluding hydrogens is 338 g/mol. The zero-order chi connectivity index (χ0) is 17.6. The summed E-state index contributed by atoms with van der Waals surface area (Å²) in [6.45, 7) is 1.80. The van der Waals surface area contributed by atoms with Crippen molar-refractivity contribution in [2.45, 2.75) is 25.0 Å². The van der Waals surface area contributed by atoms with Crippen LogP contribution in [0.2, 0.25) is 5.02 Å². The van der Waals surface area contributed by atoms with E-state index in [-0.39, 0.29) is 6.61 Å². The Labute approximate surface area is 153 Å². The van der Waals surface area contributed by atoms with Crippen LogP contribution in [0.5, 0.6) is 11.5 Å². The summed E-state index contributed by atoms with van der Waals surface area (Å²) in [7, 11) is 1.67. The Balaban J connectivity index is 1.56. The Bertz CT molecular complexity index is 677. The maximum Gasteiger partial charge on any atom is 0.138 e. The van der Waals surface area contributed by atoms with Gasteiger partial charge in [-0.05, 0) is 49.2 Å². The lowest BCUT2D eigenvalue weighted by atomic mass is 10.0. The number of methoxy groups -OCH3 is 1. The van der Waals surface area contributed by atoms with Crippen LogP contribution in [0.3, 0.4) is 0 Å². The highest BCUT2D eigenvalue weighted by molar-refractivity contribution is 6.32. The van der Waals surface area contributed by atoms with Crippen LogP contribution in [0, 0.1) is 0 Å². The van der Waals surface area contributed by atoms with E-state index in [1.54, 1.807) is 13.2 Å². The largest absolute Gasteiger partial charge is 0.497 e. The molecule has 0 spiro atoms. The number of halogens is 1. The van der Waals surface area contributed by atoms with Crippen LogP contribution in [-0.2, 0) is 0 Å². The van der Waals surface area contributed by atoms with Gasteiger partial charge >= 0.3 is 0 Å². The molecule has 0 amide bonds. The molecule has 0 bridgehead atoms. The fourth-order valence-corrected chi connectivity index (χ4v) is 3.51. The van der Waals surface area contributed by atoms with E-state index in [0.29, 0.717) is 23.4 Å². The number of hydrogen-bond donors (Lipinski definition) is 1. The van der Waals surface area contributed by atoms with Crippen LogP contribution in [0.15, 0.2) is 48.5 Å². The maximum absolute atomic E-state index is 10.4. The number of hydrogen-bond acceptors (Lipinski definition) is 4. The maximum atomic E-state index is 10.4. The van der Waals surface area contributed by atoms with Gasteiger partial charge in [0.05, 0.1) is 12.1 Å². The topological polar surface area (TPSA) is 41.9 Å². The fourth-order valence-electron chi connectivity index (χ4n) is 3.32. The van der Waals surface area contributed by atoms with Crippen molar-refractivity contribution in [3.05, 3.63) is 59.1 Å². The number of β-amino-alcohol motifs (C(OH)–C–C–N with tert-alkyl or cyclic N) is 1. The number of rotatable bonds is 7. The Morgan fingerprint density at radius 2 is 1.96 bits per heavy atom. The summed E-state index contributed by atoms with van der Waals surface area (Å²) in [5.74, 6) is 1.47. The lowest BCUT2D eigenvalue weighted by Gasteiger charge is -2.27. The van der Waals surface area contributed by atoms with Crippen molar-refractivity contribution in [3.8, 4) is 11.5 Å². The normalized spacial score (nSPS) is 18.9. The molecule has 25 heavy (non-hydrogen) atoms. The Kier molecular flexibility index (Phi) is 6.19. The molecule has 2 aromatic rings. The van der Waals surface area contributed by atoms with Crippen molar-refractivity contribution in [1.29, 1.82) is 0 Å². The molecule has 0 aromatic heterocycles. The van der Waals surface area contributed by atoms with Crippen molar-refractivity contribution in [2.75, 3.05) is 26.8 Å². The van der Waals surface area contributed by atoms with E-state index in [2.05, 4.69) is 17.0 Å². The fraction of sp³-hybridized carbons (Fsp3) is 0.400. The minimum absolute atomic E-state index is 0.232. The molecule has 5 heteroatoms. The Morgan fingerprint density at radius 3 is 2.68 bits per heavy atom. The molecule has 0 saturated carbocycles. The van der Waals surface area contributed by atoms with Gasteiger partial charge < -0.3 is 14.6 Å². The summed E-state index contributed by atoms with van der Waals surface area (Å²) in [6, 6.07) is 15.8. The lowest BCUT2D eigenvalue weighted by molar-refractivity contribution is 0.0639. The lowest BCUT2D eigenvalue weighted by Crippen LogP contribution is -2.35. The van der Waals surface area contributed by atoms with Crippen LogP contribution in [0.4, 0.5) is 0 Å². The van der Waals surface area contributed by atoms with E-state index in [4.69, 9.17) is 21.1 Å². The van der Waals surface area contributed by atoms with Gasteiger partial charge in [-0.15, -0.1) is 0 Å². The number of nitrogens with zero attached hydrogens (tertiary/aromatic N) is 1. The number of benzene rings is 2. The van der Waals surface area contributed by atoms with Crippen molar-refractivity contribution in [3.63, 3.8) is 0 Å². The predicted octanol–water partition coefficient (Wildman–Crippen LogP) is 3.93. The minimum Gasteiger partial charge on any atom is -0.497 e. The van der Waals surface area contributed by atoms with Gasteiger partial charge in [0.15, 0.2) is 0 Å². The van der Waals surface area contributed by atoms with Crippen LogP contribution in [-0.4, -0.2) is 42.9 Å². The number of para-hydroxylation sites is 1.